The number of unbranched alkanes of at least 4 members (excludes halogenated alkanes) is 1. The molecule has 0 atom stereocenters. The average molecular weight is 307 g/mol. The fourth-order valence-electron chi connectivity index (χ4n) is 1.51. The molecule has 0 saturated heterocycles. The van der Waals surface area contributed by atoms with Gasteiger partial charge in [-0.1, -0.05) is 13.3 Å². The van der Waals surface area contributed by atoms with E-state index in [-0.39, 0.29) is 22.9 Å². The number of aliphatic hydroxyl groups is 1. The number of aliphatic hydroxyl groups excluding tert-OH is 1. The average Bonchev–Trinajstić information content (AvgIpc) is 2.84. The van der Waals surface area contributed by atoms with Gasteiger partial charge in [-0.25, -0.2) is 13.2 Å². The summed E-state index contributed by atoms with van der Waals surface area (Å²) in [6.45, 7) is 2.01. The molecule has 0 saturated carbocycles. The second-order valence-electron chi connectivity index (χ2n) is 3.93. The van der Waals surface area contributed by atoms with Crippen LogP contribution >= 0.6 is 11.3 Å². The Morgan fingerprint density at radius 3 is 2.58 bits per heavy atom. The summed E-state index contributed by atoms with van der Waals surface area (Å²) in [7, 11) is -3.73. The summed E-state index contributed by atoms with van der Waals surface area (Å²) in [5, 5.41) is 19.1. The topological polar surface area (TPSA) is 94.9 Å². The third-order valence-corrected chi connectivity index (χ3v) is 5.48. The van der Waals surface area contributed by atoms with Crippen LogP contribution < -0.4 is 0 Å². The number of aromatic carboxylic acids is 1. The molecule has 2 N–H and O–H groups in total. The van der Waals surface area contributed by atoms with E-state index in [4.69, 9.17) is 10.2 Å². The first-order valence-corrected chi connectivity index (χ1v) is 8.18. The van der Waals surface area contributed by atoms with Gasteiger partial charge in [-0.3, -0.25) is 0 Å². The Hall–Kier alpha value is -0.960. The lowest BCUT2D eigenvalue weighted by Gasteiger charge is -2.20. The predicted octanol–water partition coefficient (Wildman–Crippen LogP) is 1.23. The summed E-state index contributed by atoms with van der Waals surface area (Å²) in [5.41, 5.74) is 0. The van der Waals surface area contributed by atoms with E-state index >= 15 is 0 Å². The normalized spacial score (nSPS) is 11.9. The first kappa shape index (κ1) is 16.1. The number of hydrogen-bond acceptors (Lipinski definition) is 5. The van der Waals surface area contributed by atoms with Crippen molar-refractivity contribution in [1.82, 2.24) is 4.31 Å². The van der Waals surface area contributed by atoms with Crippen LogP contribution in [0, 0.1) is 0 Å². The van der Waals surface area contributed by atoms with E-state index in [1.807, 2.05) is 6.92 Å². The minimum atomic E-state index is -3.73. The van der Waals surface area contributed by atoms with Gasteiger partial charge in [0.2, 0.25) is 10.0 Å². The van der Waals surface area contributed by atoms with E-state index in [9.17, 15) is 13.2 Å². The number of hydrogen-bond donors (Lipinski definition) is 2. The molecule has 0 bridgehead atoms. The molecular weight excluding hydrogens is 290 g/mol. The number of rotatable bonds is 8. The van der Waals surface area contributed by atoms with Crippen molar-refractivity contribution in [2.75, 3.05) is 19.7 Å². The number of sulfonamides is 1. The van der Waals surface area contributed by atoms with Crippen LogP contribution in [0.1, 0.15) is 29.4 Å². The van der Waals surface area contributed by atoms with Crippen molar-refractivity contribution >= 4 is 27.3 Å². The van der Waals surface area contributed by atoms with E-state index in [0.29, 0.717) is 13.0 Å². The van der Waals surface area contributed by atoms with Crippen LogP contribution in [0.3, 0.4) is 0 Å². The van der Waals surface area contributed by atoms with Crippen molar-refractivity contribution in [3.63, 3.8) is 0 Å². The Kier molecular flexibility index (Phi) is 5.92. The van der Waals surface area contributed by atoms with Crippen molar-refractivity contribution < 1.29 is 23.4 Å². The zero-order chi connectivity index (χ0) is 14.5. The molecule has 0 radical (unpaired) electrons. The molecule has 0 unspecified atom stereocenters. The van der Waals surface area contributed by atoms with Gasteiger partial charge in [-0.2, -0.15) is 4.31 Å². The van der Waals surface area contributed by atoms with Crippen molar-refractivity contribution in [1.29, 1.82) is 0 Å². The highest BCUT2D eigenvalue weighted by atomic mass is 32.2. The van der Waals surface area contributed by atoms with Gasteiger partial charge in [0.05, 0.1) is 11.5 Å². The Morgan fingerprint density at radius 2 is 2.11 bits per heavy atom. The first-order valence-electron chi connectivity index (χ1n) is 5.86. The minimum Gasteiger partial charge on any atom is -0.477 e. The van der Waals surface area contributed by atoms with E-state index in [1.165, 1.54) is 9.69 Å². The van der Waals surface area contributed by atoms with Gasteiger partial charge in [0.25, 0.3) is 0 Å². The Morgan fingerprint density at radius 1 is 1.42 bits per heavy atom. The fourth-order valence-corrected chi connectivity index (χ4v) is 4.08. The zero-order valence-electron chi connectivity index (χ0n) is 10.6. The molecule has 1 aromatic heterocycles. The lowest BCUT2D eigenvalue weighted by molar-refractivity contribution is 0.0702. The number of thiophene rings is 1. The minimum absolute atomic E-state index is 0.0145. The predicted molar refractivity (Wildman–Crippen MR) is 72.0 cm³/mol. The second-order valence-corrected chi connectivity index (χ2v) is 6.78. The number of nitrogens with zero attached hydrogens (tertiary/aromatic N) is 1. The SMILES string of the molecule is CCCCN(CCO)S(=O)(=O)c1csc(C(=O)O)c1. The molecule has 0 aliphatic carbocycles. The van der Waals surface area contributed by atoms with Crippen molar-refractivity contribution in [3.8, 4) is 0 Å². The van der Waals surface area contributed by atoms with E-state index < -0.39 is 16.0 Å². The molecule has 0 spiro atoms. The van der Waals surface area contributed by atoms with Crippen LogP contribution in [-0.4, -0.2) is 48.6 Å². The third-order valence-electron chi connectivity index (χ3n) is 2.53. The highest BCUT2D eigenvalue weighted by Crippen LogP contribution is 2.23. The largest absolute Gasteiger partial charge is 0.477 e. The van der Waals surface area contributed by atoms with Crippen LogP contribution in [0.15, 0.2) is 16.3 Å². The molecule has 1 aromatic rings. The molecule has 1 rings (SSSR count). The fraction of sp³-hybridized carbons (Fsp3) is 0.545. The van der Waals surface area contributed by atoms with Gasteiger partial charge in [0, 0.05) is 18.5 Å². The van der Waals surface area contributed by atoms with Gasteiger partial charge in [-0.15, -0.1) is 11.3 Å². The van der Waals surface area contributed by atoms with Gasteiger partial charge < -0.3 is 10.2 Å². The van der Waals surface area contributed by atoms with Crippen molar-refractivity contribution in [3.05, 3.63) is 16.3 Å². The molecule has 6 nitrogen and oxygen atoms in total. The van der Waals surface area contributed by atoms with E-state index in [0.717, 1.165) is 23.8 Å². The lowest BCUT2D eigenvalue weighted by atomic mass is 10.3. The van der Waals surface area contributed by atoms with Gasteiger partial charge in [0.15, 0.2) is 0 Å². The lowest BCUT2D eigenvalue weighted by Crippen LogP contribution is -2.34. The van der Waals surface area contributed by atoms with Crippen molar-refractivity contribution in [2.45, 2.75) is 24.7 Å². The summed E-state index contributed by atoms with van der Waals surface area (Å²) in [6.07, 6.45) is 1.52. The molecular formula is C11H17NO5S2. The summed E-state index contributed by atoms with van der Waals surface area (Å²) in [6, 6.07) is 1.15. The Balaban J connectivity index is 3.00. The summed E-state index contributed by atoms with van der Waals surface area (Å²) in [4.78, 5) is 10.7. The monoisotopic (exact) mass is 307 g/mol. The van der Waals surface area contributed by atoms with Gasteiger partial charge in [0.1, 0.15) is 4.88 Å². The molecule has 0 aliphatic rings. The molecule has 0 aliphatic heterocycles. The maximum Gasteiger partial charge on any atom is 0.345 e. The van der Waals surface area contributed by atoms with Gasteiger partial charge in [-0.05, 0) is 12.5 Å². The zero-order valence-corrected chi connectivity index (χ0v) is 12.2. The molecule has 8 heteroatoms. The molecule has 1 heterocycles. The highest BCUT2D eigenvalue weighted by molar-refractivity contribution is 7.89. The summed E-state index contributed by atoms with van der Waals surface area (Å²) < 4.78 is 25.8. The molecule has 108 valence electrons. The van der Waals surface area contributed by atoms with Gasteiger partial charge >= 0.3 is 5.97 Å². The molecule has 0 amide bonds. The van der Waals surface area contributed by atoms with Crippen LogP contribution in [0.2, 0.25) is 0 Å². The third kappa shape index (κ3) is 4.00. The number of carboxylic acid groups (broad SMARTS) is 1. The Bertz CT molecular complexity index is 523. The standard InChI is InChI=1S/C11H17NO5S2/c1-2-3-4-12(5-6-13)19(16,17)9-7-10(11(14)15)18-8-9/h7-8,13H,2-6H2,1H3,(H,14,15). The van der Waals surface area contributed by atoms with E-state index in [2.05, 4.69) is 0 Å². The maximum atomic E-state index is 12.3. The van der Waals surface area contributed by atoms with Crippen LogP contribution in [0.4, 0.5) is 0 Å². The Labute approximate surface area is 116 Å². The number of carboxylic acids is 1. The van der Waals surface area contributed by atoms with Crippen LogP contribution in [-0.2, 0) is 10.0 Å². The van der Waals surface area contributed by atoms with Crippen LogP contribution in [0.25, 0.3) is 0 Å². The van der Waals surface area contributed by atoms with Crippen molar-refractivity contribution in [2.24, 2.45) is 0 Å². The smallest absolute Gasteiger partial charge is 0.345 e. The quantitative estimate of drug-likeness (QED) is 0.753. The maximum absolute atomic E-state index is 12.3. The number of carbonyl (C=O) groups is 1. The summed E-state index contributed by atoms with van der Waals surface area (Å²) in [5.74, 6) is -1.14. The second kappa shape index (κ2) is 6.99. The molecule has 19 heavy (non-hydrogen) atoms. The van der Waals surface area contributed by atoms with E-state index in [1.54, 1.807) is 0 Å². The molecule has 0 fully saturated rings. The summed E-state index contributed by atoms with van der Waals surface area (Å²) >= 11 is 0.876. The molecule has 0 aromatic carbocycles. The highest BCUT2D eigenvalue weighted by Gasteiger charge is 2.25. The van der Waals surface area contributed by atoms with Crippen LogP contribution in [0.5, 0.6) is 0 Å². The first-order chi connectivity index (χ1) is 8.93.